The summed E-state index contributed by atoms with van der Waals surface area (Å²) < 4.78 is 5.06. The molecule has 6 nitrogen and oxygen atoms in total. The van der Waals surface area contributed by atoms with Crippen molar-refractivity contribution in [2.24, 2.45) is 0 Å². The summed E-state index contributed by atoms with van der Waals surface area (Å²) in [5.41, 5.74) is 1.14. The molecule has 0 bridgehead atoms. The zero-order valence-corrected chi connectivity index (χ0v) is 14.1. The van der Waals surface area contributed by atoms with Crippen molar-refractivity contribution in [3.8, 4) is 0 Å². The van der Waals surface area contributed by atoms with Gasteiger partial charge in [-0.15, -0.1) is 12.4 Å². The highest BCUT2D eigenvalue weighted by atomic mass is 35.5. The Morgan fingerprint density at radius 1 is 1.29 bits per heavy atom. The maximum Gasteiger partial charge on any atom is 0.291 e. The molecule has 1 aromatic carbocycles. The number of anilines is 1. The SMILES string of the molecule is C[C@H]1CNCCN1C(=O)c1cccc(NC(=O)c2ccco2)c1.Cl. The summed E-state index contributed by atoms with van der Waals surface area (Å²) >= 11 is 0. The fourth-order valence-electron chi connectivity index (χ4n) is 2.64. The van der Waals surface area contributed by atoms with Crippen LogP contribution in [0.3, 0.4) is 0 Å². The molecule has 7 heteroatoms. The van der Waals surface area contributed by atoms with Gasteiger partial charge in [-0.05, 0) is 37.3 Å². The number of amides is 2. The summed E-state index contributed by atoms with van der Waals surface area (Å²) in [7, 11) is 0. The molecule has 0 radical (unpaired) electrons. The van der Waals surface area contributed by atoms with Crippen molar-refractivity contribution >= 4 is 29.9 Å². The van der Waals surface area contributed by atoms with Crippen LogP contribution in [0, 0.1) is 0 Å². The summed E-state index contributed by atoms with van der Waals surface area (Å²) in [5, 5.41) is 6.00. The minimum absolute atomic E-state index is 0. The lowest BCUT2D eigenvalue weighted by Gasteiger charge is -2.34. The largest absolute Gasteiger partial charge is 0.459 e. The second kappa shape index (κ2) is 7.99. The van der Waals surface area contributed by atoms with E-state index >= 15 is 0 Å². The zero-order valence-electron chi connectivity index (χ0n) is 13.3. The molecule has 0 aliphatic carbocycles. The van der Waals surface area contributed by atoms with E-state index in [1.165, 1.54) is 6.26 Å². The molecule has 1 saturated heterocycles. The van der Waals surface area contributed by atoms with Crippen molar-refractivity contribution in [1.82, 2.24) is 10.2 Å². The second-order valence-corrected chi connectivity index (χ2v) is 5.56. The number of halogens is 1. The van der Waals surface area contributed by atoms with Crippen molar-refractivity contribution in [2.75, 3.05) is 25.0 Å². The van der Waals surface area contributed by atoms with E-state index in [0.29, 0.717) is 17.8 Å². The van der Waals surface area contributed by atoms with Crippen LogP contribution in [0.5, 0.6) is 0 Å². The topological polar surface area (TPSA) is 74.6 Å². The van der Waals surface area contributed by atoms with E-state index < -0.39 is 0 Å². The van der Waals surface area contributed by atoms with E-state index in [1.54, 1.807) is 36.4 Å². The molecular formula is C17H20ClN3O3. The highest BCUT2D eigenvalue weighted by Crippen LogP contribution is 2.16. The van der Waals surface area contributed by atoms with Gasteiger partial charge in [0.15, 0.2) is 5.76 Å². The van der Waals surface area contributed by atoms with Gasteiger partial charge in [0.25, 0.3) is 11.8 Å². The quantitative estimate of drug-likeness (QED) is 0.892. The van der Waals surface area contributed by atoms with Crippen molar-refractivity contribution in [3.05, 3.63) is 54.0 Å². The van der Waals surface area contributed by atoms with Crippen LogP contribution >= 0.6 is 12.4 Å². The predicted molar refractivity (Wildman–Crippen MR) is 93.7 cm³/mol. The Labute approximate surface area is 146 Å². The third kappa shape index (κ3) is 3.96. The molecule has 1 aromatic heterocycles. The van der Waals surface area contributed by atoms with Crippen LogP contribution in [0.15, 0.2) is 47.1 Å². The third-order valence-corrected chi connectivity index (χ3v) is 3.87. The fourth-order valence-corrected chi connectivity index (χ4v) is 2.64. The number of carbonyl (C=O) groups is 2. The molecule has 2 heterocycles. The standard InChI is InChI=1S/C17H19N3O3.ClH/c1-12-11-18-7-8-20(12)17(22)13-4-2-5-14(10-13)19-16(21)15-6-3-9-23-15;/h2-6,9-10,12,18H,7-8,11H2,1H3,(H,19,21);1H/t12-;/m0./s1. The Kier molecular flexibility index (Phi) is 6.00. The van der Waals surface area contributed by atoms with Gasteiger partial charge < -0.3 is 20.0 Å². The summed E-state index contributed by atoms with van der Waals surface area (Å²) in [6.07, 6.45) is 1.45. The van der Waals surface area contributed by atoms with Gasteiger partial charge in [-0.1, -0.05) is 6.07 Å². The van der Waals surface area contributed by atoms with E-state index in [-0.39, 0.29) is 36.0 Å². The molecule has 0 saturated carbocycles. The van der Waals surface area contributed by atoms with Crippen LogP contribution < -0.4 is 10.6 Å². The highest BCUT2D eigenvalue weighted by molar-refractivity contribution is 6.03. The van der Waals surface area contributed by atoms with Crippen molar-refractivity contribution < 1.29 is 14.0 Å². The second-order valence-electron chi connectivity index (χ2n) is 5.56. The van der Waals surface area contributed by atoms with Crippen LogP contribution in [-0.2, 0) is 0 Å². The summed E-state index contributed by atoms with van der Waals surface area (Å²) in [5.74, 6) is -0.124. The number of hydrogen-bond acceptors (Lipinski definition) is 4. The minimum atomic E-state index is -0.338. The number of piperazine rings is 1. The van der Waals surface area contributed by atoms with Gasteiger partial charge >= 0.3 is 0 Å². The van der Waals surface area contributed by atoms with Crippen LogP contribution in [0.1, 0.15) is 27.8 Å². The van der Waals surface area contributed by atoms with Crippen LogP contribution in [0.2, 0.25) is 0 Å². The highest BCUT2D eigenvalue weighted by Gasteiger charge is 2.24. The average Bonchev–Trinajstić information content (AvgIpc) is 3.09. The van der Waals surface area contributed by atoms with E-state index in [0.717, 1.165) is 13.1 Å². The number of carbonyl (C=O) groups excluding carboxylic acids is 2. The Hall–Kier alpha value is -2.31. The molecule has 1 atom stereocenters. The molecule has 2 amide bonds. The first-order chi connectivity index (χ1) is 11.1. The first-order valence-electron chi connectivity index (χ1n) is 7.62. The van der Waals surface area contributed by atoms with Gasteiger partial charge in [0.1, 0.15) is 0 Å². The summed E-state index contributed by atoms with van der Waals surface area (Å²) in [6, 6.07) is 10.4. The van der Waals surface area contributed by atoms with E-state index in [2.05, 4.69) is 10.6 Å². The summed E-state index contributed by atoms with van der Waals surface area (Å²) in [4.78, 5) is 26.5. The number of hydrogen-bond donors (Lipinski definition) is 2. The summed E-state index contributed by atoms with van der Waals surface area (Å²) in [6.45, 7) is 4.29. The molecule has 1 aliphatic heterocycles. The molecule has 24 heavy (non-hydrogen) atoms. The van der Waals surface area contributed by atoms with Crippen molar-refractivity contribution in [2.45, 2.75) is 13.0 Å². The lowest BCUT2D eigenvalue weighted by molar-refractivity contribution is 0.0655. The van der Waals surface area contributed by atoms with Gasteiger partial charge in [0.05, 0.1) is 6.26 Å². The van der Waals surface area contributed by atoms with Crippen molar-refractivity contribution in [1.29, 1.82) is 0 Å². The van der Waals surface area contributed by atoms with Gasteiger partial charge in [-0.2, -0.15) is 0 Å². The molecule has 1 aliphatic rings. The maximum absolute atomic E-state index is 12.6. The van der Waals surface area contributed by atoms with Crippen molar-refractivity contribution in [3.63, 3.8) is 0 Å². The third-order valence-electron chi connectivity index (χ3n) is 3.87. The Morgan fingerprint density at radius 3 is 2.83 bits per heavy atom. The van der Waals surface area contributed by atoms with Gasteiger partial charge in [-0.25, -0.2) is 0 Å². The van der Waals surface area contributed by atoms with Crippen LogP contribution in [0.4, 0.5) is 5.69 Å². The molecule has 1 fully saturated rings. The van der Waals surface area contributed by atoms with E-state index in [1.807, 2.05) is 11.8 Å². The number of rotatable bonds is 3. The first kappa shape index (κ1) is 18.0. The number of furan rings is 1. The smallest absolute Gasteiger partial charge is 0.291 e. The molecule has 2 N–H and O–H groups in total. The molecule has 128 valence electrons. The number of nitrogens with one attached hydrogen (secondary N) is 2. The Balaban J connectivity index is 0.00000208. The normalized spacial score (nSPS) is 17.0. The zero-order chi connectivity index (χ0) is 16.2. The van der Waals surface area contributed by atoms with Crippen LogP contribution in [-0.4, -0.2) is 42.4 Å². The lowest BCUT2D eigenvalue weighted by Crippen LogP contribution is -2.52. The number of benzene rings is 1. The molecular weight excluding hydrogens is 330 g/mol. The minimum Gasteiger partial charge on any atom is -0.459 e. The number of nitrogens with zero attached hydrogens (tertiary/aromatic N) is 1. The Bertz CT molecular complexity index is 703. The molecule has 0 unspecified atom stereocenters. The van der Waals surface area contributed by atoms with E-state index in [4.69, 9.17) is 4.42 Å². The molecule has 0 spiro atoms. The first-order valence-corrected chi connectivity index (χ1v) is 7.62. The maximum atomic E-state index is 12.6. The monoisotopic (exact) mass is 349 g/mol. The van der Waals surface area contributed by atoms with Gasteiger partial charge in [0.2, 0.25) is 0 Å². The molecule has 3 rings (SSSR count). The van der Waals surface area contributed by atoms with Gasteiger partial charge in [0, 0.05) is 36.9 Å². The fraction of sp³-hybridized carbons (Fsp3) is 0.294. The lowest BCUT2D eigenvalue weighted by atomic mass is 10.1. The van der Waals surface area contributed by atoms with E-state index in [9.17, 15) is 9.59 Å². The molecule has 2 aromatic rings. The predicted octanol–water partition coefficient (Wildman–Crippen LogP) is 2.39. The Morgan fingerprint density at radius 2 is 2.12 bits per heavy atom. The van der Waals surface area contributed by atoms with Gasteiger partial charge in [-0.3, -0.25) is 9.59 Å². The van der Waals surface area contributed by atoms with Crippen LogP contribution in [0.25, 0.3) is 0 Å². The average molecular weight is 350 g/mol.